The van der Waals surface area contributed by atoms with Crippen molar-refractivity contribution in [3.8, 4) is 11.1 Å². The number of rotatable bonds is 10. The normalized spacial score (nSPS) is 18.2. The molecular weight excluding hydrogens is 535 g/mol. The molecule has 1 aliphatic rings. The van der Waals surface area contributed by atoms with Gasteiger partial charge >= 0.3 is 12.1 Å². The lowest BCUT2D eigenvalue weighted by atomic mass is 9.92. The Morgan fingerprint density at radius 2 is 1.73 bits per heavy atom. The molecule has 2 N–H and O–H groups in total. The molecule has 220 valence electrons. The lowest BCUT2D eigenvalue weighted by Crippen LogP contribution is -2.53. The Hall–Kier alpha value is -3.31. The smallest absolute Gasteiger partial charge is 0.421 e. The summed E-state index contributed by atoms with van der Waals surface area (Å²) in [5.41, 5.74) is 1.73. The highest BCUT2D eigenvalue weighted by Gasteiger charge is 2.51. The Kier molecular flexibility index (Phi) is 9.80. The Morgan fingerprint density at radius 3 is 2.37 bits per heavy atom. The Labute approximate surface area is 238 Å². The van der Waals surface area contributed by atoms with Crippen LogP contribution in [0.2, 0.25) is 0 Å². The van der Waals surface area contributed by atoms with Crippen LogP contribution in [0.4, 0.5) is 13.2 Å². The summed E-state index contributed by atoms with van der Waals surface area (Å²) in [5.74, 6) is -0.339. The molecule has 1 saturated heterocycles. The lowest BCUT2D eigenvalue weighted by molar-refractivity contribution is -0.258. The average molecular weight is 572 g/mol. The molecule has 2 atom stereocenters. The van der Waals surface area contributed by atoms with Gasteiger partial charge in [0.05, 0.1) is 13.0 Å². The third-order valence-corrected chi connectivity index (χ3v) is 7.59. The molecule has 0 bridgehead atoms. The van der Waals surface area contributed by atoms with Gasteiger partial charge in [0.1, 0.15) is 6.61 Å². The summed E-state index contributed by atoms with van der Waals surface area (Å²) < 4.78 is 44.8. The van der Waals surface area contributed by atoms with Crippen LogP contribution in [-0.2, 0) is 28.2 Å². The van der Waals surface area contributed by atoms with E-state index < -0.39 is 11.8 Å². The SMILES string of the molecule is Cc1cc(CN2CCN(Cc3ccncc3)[C@@H](CC(=O)OCCO)C2)ccc1-c1ccc(C(C)(O)C(F)(F)F)cc1. The van der Waals surface area contributed by atoms with Gasteiger partial charge in [-0.05, 0) is 59.4 Å². The van der Waals surface area contributed by atoms with Crippen LogP contribution in [0.25, 0.3) is 11.1 Å². The fourth-order valence-corrected chi connectivity index (χ4v) is 5.18. The van der Waals surface area contributed by atoms with Crippen molar-refractivity contribution in [3.05, 3.63) is 89.2 Å². The van der Waals surface area contributed by atoms with Gasteiger partial charge < -0.3 is 14.9 Å². The fraction of sp³-hybridized carbons (Fsp3) is 0.419. The van der Waals surface area contributed by atoms with Gasteiger partial charge in [-0.15, -0.1) is 0 Å². The summed E-state index contributed by atoms with van der Waals surface area (Å²) in [6, 6.07) is 15.7. The van der Waals surface area contributed by atoms with Crippen LogP contribution >= 0.6 is 0 Å². The van der Waals surface area contributed by atoms with E-state index in [4.69, 9.17) is 9.84 Å². The number of carbonyl (C=O) groups is 1. The van der Waals surface area contributed by atoms with Crippen molar-refractivity contribution in [2.24, 2.45) is 0 Å². The maximum Gasteiger partial charge on any atom is 0.421 e. The maximum atomic E-state index is 13.2. The topological polar surface area (TPSA) is 86.1 Å². The summed E-state index contributed by atoms with van der Waals surface area (Å²) in [7, 11) is 0. The summed E-state index contributed by atoms with van der Waals surface area (Å²) in [6.07, 6.45) is -1.04. The number of pyridine rings is 1. The van der Waals surface area contributed by atoms with Gasteiger partial charge in [-0.3, -0.25) is 19.6 Å². The molecule has 0 aliphatic carbocycles. The number of halogens is 3. The first kappa shape index (κ1) is 30.6. The quantitative estimate of drug-likeness (QED) is 0.348. The van der Waals surface area contributed by atoms with Crippen molar-refractivity contribution >= 4 is 5.97 Å². The second-order valence-electron chi connectivity index (χ2n) is 10.7. The zero-order valence-corrected chi connectivity index (χ0v) is 23.3. The van der Waals surface area contributed by atoms with Crippen LogP contribution in [0.3, 0.4) is 0 Å². The Balaban J connectivity index is 1.44. The predicted octanol–water partition coefficient (Wildman–Crippen LogP) is 4.44. The van der Waals surface area contributed by atoms with Crippen molar-refractivity contribution in [2.45, 2.75) is 51.2 Å². The van der Waals surface area contributed by atoms with Gasteiger partial charge in [0.2, 0.25) is 0 Å². The highest BCUT2D eigenvalue weighted by molar-refractivity contribution is 5.70. The molecule has 0 radical (unpaired) electrons. The predicted molar refractivity (Wildman–Crippen MR) is 149 cm³/mol. The third kappa shape index (κ3) is 7.71. The first-order valence-corrected chi connectivity index (χ1v) is 13.6. The van der Waals surface area contributed by atoms with Crippen molar-refractivity contribution in [2.75, 3.05) is 32.8 Å². The van der Waals surface area contributed by atoms with Crippen molar-refractivity contribution in [1.82, 2.24) is 14.8 Å². The number of piperazine rings is 1. The second kappa shape index (κ2) is 13.1. The van der Waals surface area contributed by atoms with Gasteiger partial charge in [0, 0.05) is 51.2 Å². The van der Waals surface area contributed by atoms with E-state index in [9.17, 15) is 23.1 Å². The molecule has 10 heteroatoms. The molecule has 3 aromatic rings. The number of nitrogens with zero attached hydrogens (tertiary/aromatic N) is 3. The summed E-state index contributed by atoms with van der Waals surface area (Å²) >= 11 is 0. The average Bonchev–Trinajstić information content (AvgIpc) is 2.93. The molecule has 1 unspecified atom stereocenters. The first-order chi connectivity index (χ1) is 19.5. The largest absolute Gasteiger partial charge is 0.463 e. The minimum Gasteiger partial charge on any atom is -0.463 e. The monoisotopic (exact) mass is 571 g/mol. The van der Waals surface area contributed by atoms with E-state index in [0.717, 1.165) is 47.8 Å². The van der Waals surface area contributed by atoms with Crippen molar-refractivity contribution in [1.29, 1.82) is 0 Å². The van der Waals surface area contributed by atoms with Gasteiger partial charge in [0.25, 0.3) is 0 Å². The van der Waals surface area contributed by atoms with E-state index in [2.05, 4.69) is 20.9 Å². The van der Waals surface area contributed by atoms with E-state index in [1.54, 1.807) is 24.5 Å². The fourth-order valence-electron chi connectivity index (χ4n) is 5.18. The second-order valence-corrected chi connectivity index (χ2v) is 10.7. The standard InChI is InChI=1S/C31H36F3N3O4/c1-22-17-24(3-8-28(22)25-4-6-26(7-5-25)30(2,40)31(32,33)34)19-36-13-14-37(20-23-9-11-35-12-10-23)27(21-36)18-29(39)41-16-15-38/h3-12,17,27,38,40H,13-16,18-21H2,1-2H3/t27-,30?/m0/s1. The van der Waals surface area contributed by atoms with E-state index in [-0.39, 0.29) is 37.2 Å². The minimum absolute atomic E-state index is 0.0182. The van der Waals surface area contributed by atoms with Crippen LogP contribution in [0, 0.1) is 6.92 Å². The number of esters is 1. The van der Waals surface area contributed by atoms with Crippen LogP contribution in [0.1, 0.15) is 35.6 Å². The number of ether oxygens (including phenoxy) is 1. The molecule has 0 saturated carbocycles. The number of carbonyl (C=O) groups excluding carboxylic acids is 1. The van der Waals surface area contributed by atoms with Crippen LogP contribution in [-0.4, -0.2) is 76.0 Å². The Bertz CT molecular complexity index is 1300. The van der Waals surface area contributed by atoms with Gasteiger partial charge in [-0.2, -0.15) is 13.2 Å². The number of aromatic nitrogens is 1. The summed E-state index contributed by atoms with van der Waals surface area (Å²) in [5, 5.41) is 19.0. The molecule has 41 heavy (non-hydrogen) atoms. The Morgan fingerprint density at radius 1 is 1.02 bits per heavy atom. The summed E-state index contributed by atoms with van der Waals surface area (Å²) in [6.45, 7) is 6.11. The van der Waals surface area contributed by atoms with Crippen LogP contribution < -0.4 is 0 Å². The molecule has 1 aliphatic heterocycles. The number of aliphatic hydroxyl groups excluding tert-OH is 1. The highest BCUT2D eigenvalue weighted by Crippen LogP contribution is 2.39. The summed E-state index contributed by atoms with van der Waals surface area (Å²) in [4.78, 5) is 21.1. The first-order valence-electron chi connectivity index (χ1n) is 13.6. The number of hydrogen-bond donors (Lipinski definition) is 2. The zero-order valence-electron chi connectivity index (χ0n) is 23.3. The van der Waals surface area contributed by atoms with Gasteiger partial charge in [-0.1, -0.05) is 42.5 Å². The van der Waals surface area contributed by atoms with Gasteiger partial charge in [0.15, 0.2) is 5.60 Å². The van der Waals surface area contributed by atoms with Gasteiger partial charge in [-0.25, -0.2) is 0 Å². The molecule has 4 rings (SSSR count). The number of benzene rings is 2. The number of aliphatic hydroxyl groups is 2. The number of alkyl halides is 3. The molecule has 2 aromatic carbocycles. The van der Waals surface area contributed by atoms with E-state index >= 15 is 0 Å². The lowest BCUT2D eigenvalue weighted by Gasteiger charge is -2.41. The third-order valence-electron chi connectivity index (χ3n) is 7.59. The molecule has 7 nitrogen and oxygen atoms in total. The van der Waals surface area contributed by atoms with Crippen molar-refractivity contribution < 1.29 is 32.9 Å². The number of aryl methyl sites for hydroxylation is 1. The van der Waals surface area contributed by atoms with Crippen LogP contribution in [0.15, 0.2) is 67.0 Å². The van der Waals surface area contributed by atoms with Crippen molar-refractivity contribution in [3.63, 3.8) is 0 Å². The molecule has 2 heterocycles. The maximum absolute atomic E-state index is 13.2. The highest BCUT2D eigenvalue weighted by atomic mass is 19.4. The molecular formula is C31H36F3N3O4. The molecule has 0 amide bonds. The van der Waals surface area contributed by atoms with E-state index in [0.29, 0.717) is 19.6 Å². The molecule has 1 fully saturated rings. The van der Waals surface area contributed by atoms with E-state index in [1.165, 1.54) is 12.1 Å². The minimum atomic E-state index is -4.77. The molecule has 0 spiro atoms. The van der Waals surface area contributed by atoms with E-state index in [1.807, 2.05) is 31.2 Å². The number of hydrogen-bond acceptors (Lipinski definition) is 7. The van der Waals surface area contributed by atoms with Crippen LogP contribution in [0.5, 0.6) is 0 Å². The zero-order chi connectivity index (χ0) is 29.6. The molecule has 1 aromatic heterocycles.